The topological polar surface area (TPSA) is 63.9 Å². The molecule has 0 bridgehead atoms. The second-order valence-electron chi connectivity index (χ2n) is 5.17. The maximum absolute atomic E-state index is 12.2. The Kier molecular flexibility index (Phi) is 4.77. The van der Waals surface area contributed by atoms with Gasteiger partial charge in [-0.15, -0.1) is 11.3 Å². The smallest absolute Gasteiger partial charge is 0.224 e. The van der Waals surface area contributed by atoms with Crippen molar-refractivity contribution in [3.8, 4) is 10.6 Å². The third-order valence-electron chi connectivity index (χ3n) is 3.42. The number of amides is 1. The van der Waals surface area contributed by atoms with E-state index in [0.29, 0.717) is 19.5 Å². The van der Waals surface area contributed by atoms with Gasteiger partial charge in [0, 0.05) is 24.4 Å². The Balaban J connectivity index is 1.56. The largest absolute Gasteiger partial charge is 0.340 e. The zero-order chi connectivity index (χ0) is 16.1. The zero-order valence-corrected chi connectivity index (χ0v) is 13.6. The molecule has 2 aromatic heterocycles. The van der Waals surface area contributed by atoms with E-state index < -0.39 is 0 Å². The molecule has 1 amide bonds. The van der Waals surface area contributed by atoms with Crippen LogP contribution >= 0.6 is 11.3 Å². The summed E-state index contributed by atoms with van der Waals surface area (Å²) in [6.45, 7) is 1.05. The van der Waals surface area contributed by atoms with Gasteiger partial charge in [-0.2, -0.15) is 5.10 Å². The third kappa shape index (κ3) is 4.01. The molecule has 0 aliphatic heterocycles. The Labute approximate surface area is 138 Å². The SMILES string of the molecule is CN(Cc1csc(-c2ccccc2)n1)C(=O)CCn1cncn1. The van der Waals surface area contributed by atoms with E-state index in [2.05, 4.69) is 15.1 Å². The van der Waals surface area contributed by atoms with Gasteiger partial charge in [0.15, 0.2) is 0 Å². The van der Waals surface area contributed by atoms with Crippen LogP contribution in [0.2, 0.25) is 0 Å². The molecule has 6 nitrogen and oxygen atoms in total. The van der Waals surface area contributed by atoms with E-state index in [1.807, 2.05) is 35.7 Å². The molecule has 7 heteroatoms. The molecule has 23 heavy (non-hydrogen) atoms. The van der Waals surface area contributed by atoms with Gasteiger partial charge in [-0.25, -0.2) is 9.97 Å². The quantitative estimate of drug-likeness (QED) is 0.697. The number of carbonyl (C=O) groups is 1. The highest BCUT2D eigenvalue weighted by atomic mass is 32.1. The molecule has 0 spiro atoms. The molecule has 0 radical (unpaired) electrons. The monoisotopic (exact) mass is 327 g/mol. The standard InChI is InChI=1S/C16H17N5OS/c1-20(15(22)7-8-21-12-17-11-18-21)9-14-10-23-16(19-14)13-5-3-2-4-6-13/h2-6,10-12H,7-9H2,1H3. The van der Waals surface area contributed by atoms with Crippen molar-refractivity contribution in [3.63, 3.8) is 0 Å². The molecule has 2 heterocycles. The average molecular weight is 327 g/mol. The molecule has 0 atom stereocenters. The van der Waals surface area contributed by atoms with Gasteiger partial charge in [0.1, 0.15) is 17.7 Å². The lowest BCUT2D eigenvalue weighted by Crippen LogP contribution is -2.27. The summed E-state index contributed by atoms with van der Waals surface area (Å²) >= 11 is 1.60. The first kappa shape index (κ1) is 15.4. The van der Waals surface area contributed by atoms with Crippen LogP contribution in [-0.2, 0) is 17.9 Å². The molecule has 3 aromatic rings. The van der Waals surface area contributed by atoms with E-state index in [9.17, 15) is 4.79 Å². The molecule has 0 N–H and O–H groups in total. The summed E-state index contributed by atoms with van der Waals surface area (Å²) in [6.07, 6.45) is 3.48. The lowest BCUT2D eigenvalue weighted by Gasteiger charge is -2.15. The predicted molar refractivity (Wildman–Crippen MR) is 88.7 cm³/mol. The van der Waals surface area contributed by atoms with Crippen LogP contribution in [0.4, 0.5) is 0 Å². The first-order valence-corrected chi connectivity index (χ1v) is 8.16. The molecule has 0 saturated carbocycles. The number of benzene rings is 1. The fraction of sp³-hybridized carbons (Fsp3) is 0.250. The average Bonchev–Trinajstić information content (AvgIpc) is 3.25. The fourth-order valence-corrected chi connectivity index (χ4v) is 2.99. The van der Waals surface area contributed by atoms with E-state index in [1.54, 1.807) is 34.3 Å². The minimum Gasteiger partial charge on any atom is -0.340 e. The maximum Gasteiger partial charge on any atom is 0.224 e. The van der Waals surface area contributed by atoms with Crippen LogP contribution in [-0.4, -0.2) is 37.6 Å². The Morgan fingerprint density at radius 3 is 2.87 bits per heavy atom. The minimum absolute atomic E-state index is 0.0646. The summed E-state index contributed by atoms with van der Waals surface area (Å²) in [5, 5.41) is 6.97. The summed E-state index contributed by atoms with van der Waals surface area (Å²) in [6, 6.07) is 10.1. The van der Waals surface area contributed by atoms with Crippen molar-refractivity contribution < 1.29 is 4.79 Å². The molecular formula is C16H17N5OS. The van der Waals surface area contributed by atoms with Crippen LogP contribution in [0.15, 0.2) is 48.4 Å². The first-order valence-electron chi connectivity index (χ1n) is 7.28. The number of aryl methyl sites for hydroxylation is 1. The molecule has 0 aliphatic rings. The normalized spacial score (nSPS) is 10.7. The molecule has 1 aromatic carbocycles. The van der Waals surface area contributed by atoms with Crippen molar-refractivity contribution in [2.24, 2.45) is 0 Å². The summed E-state index contributed by atoms with van der Waals surface area (Å²) in [5.41, 5.74) is 2.01. The number of hydrogen-bond acceptors (Lipinski definition) is 5. The highest BCUT2D eigenvalue weighted by Crippen LogP contribution is 2.23. The van der Waals surface area contributed by atoms with Crippen LogP contribution < -0.4 is 0 Å². The van der Waals surface area contributed by atoms with E-state index in [1.165, 1.54) is 6.33 Å². The number of thiazole rings is 1. The van der Waals surface area contributed by atoms with Crippen molar-refractivity contribution in [2.45, 2.75) is 19.5 Å². The van der Waals surface area contributed by atoms with Gasteiger partial charge >= 0.3 is 0 Å². The van der Waals surface area contributed by atoms with Gasteiger partial charge in [0.2, 0.25) is 5.91 Å². The predicted octanol–water partition coefficient (Wildman–Crippen LogP) is 2.45. The van der Waals surface area contributed by atoms with Crippen LogP contribution in [0.1, 0.15) is 12.1 Å². The third-order valence-corrected chi connectivity index (χ3v) is 4.36. The van der Waals surface area contributed by atoms with Crippen molar-refractivity contribution in [2.75, 3.05) is 7.05 Å². The van der Waals surface area contributed by atoms with Gasteiger partial charge in [-0.3, -0.25) is 9.48 Å². The Morgan fingerprint density at radius 1 is 1.30 bits per heavy atom. The molecule has 0 unspecified atom stereocenters. The Hall–Kier alpha value is -2.54. The summed E-state index contributed by atoms with van der Waals surface area (Å²) in [4.78, 5) is 22.3. The van der Waals surface area contributed by atoms with Crippen LogP contribution in [0.5, 0.6) is 0 Å². The second-order valence-corrected chi connectivity index (χ2v) is 6.03. The number of aromatic nitrogens is 4. The van der Waals surface area contributed by atoms with E-state index in [0.717, 1.165) is 16.3 Å². The van der Waals surface area contributed by atoms with Crippen molar-refractivity contribution in [1.82, 2.24) is 24.6 Å². The van der Waals surface area contributed by atoms with Gasteiger partial charge < -0.3 is 4.90 Å². The molecular weight excluding hydrogens is 310 g/mol. The van der Waals surface area contributed by atoms with E-state index >= 15 is 0 Å². The van der Waals surface area contributed by atoms with Gasteiger partial charge in [-0.05, 0) is 0 Å². The van der Waals surface area contributed by atoms with E-state index in [-0.39, 0.29) is 5.91 Å². The van der Waals surface area contributed by atoms with Gasteiger partial charge in [0.25, 0.3) is 0 Å². The molecule has 0 fully saturated rings. The lowest BCUT2D eigenvalue weighted by atomic mass is 10.2. The number of rotatable bonds is 6. The van der Waals surface area contributed by atoms with Crippen molar-refractivity contribution in [3.05, 3.63) is 54.1 Å². The zero-order valence-electron chi connectivity index (χ0n) is 12.8. The molecule has 118 valence electrons. The minimum atomic E-state index is 0.0646. The molecule has 3 rings (SSSR count). The Morgan fingerprint density at radius 2 is 2.13 bits per heavy atom. The first-order chi connectivity index (χ1) is 11.2. The Bertz CT molecular complexity index is 754. The number of hydrogen-bond donors (Lipinski definition) is 0. The maximum atomic E-state index is 12.2. The molecule has 0 aliphatic carbocycles. The fourth-order valence-electron chi connectivity index (χ4n) is 2.17. The van der Waals surface area contributed by atoms with Crippen molar-refractivity contribution in [1.29, 1.82) is 0 Å². The number of nitrogens with zero attached hydrogens (tertiary/aromatic N) is 5. The summed E-state index contributed by atoms with van der Waals surface area (Å²) in [7, 11) is 1.80. The second kappa shape index (κ2) is 7.15. The van der Waals surface area contributed by atoms with Crippen LogP contribution in [0, 0.1) is 0 Å². The van der Waals surface area contributed by atoms with Gasteiger partial charge in [0.05, 0.1) is 18.8 Å². The molecule has 0 saturated heterocycles. The van der Waals surface area contributed by atoms with E-state index in [4.69, 9.17) is 0 Å². The summed E-state index contributed by atoms with van der Waals surface area (Å²) in [5.74, 6) is 0.0646. The lowest BCUT2D eigenvalue weighted by molar-refractivity contribution is -0.130. The van der Waals surface area contributed by atoms with Gasteiger partial charge in [-0.1, -0.05) is 30.3 Å². The highest BCUT2D eigenvalue weighted by molar-refractivity contribution is 7.13. The van der Waals surface area contributed by atoms with Crippen LogP contribution in [0.25, 0.3) is 10.6 Å². The van der Waals surface area contributed by atoms with Crippen molar-refractivity contribution >= 4 is 17.2 Å². The highest BCUT2D eigenvalue weighted by Gasteiger charge is 2.12. The number of carbonyl (C=O) groups excluding carboxylic acids is 1. The van der Waals surface area contributed by atoms with Crippen LogP contribution in [0.3, 0.4) is 0 Å². The summed E-state index contributed by atoms with van der Waals surface area (Å²) < 4.78 is 1.65.